The maximum Gasteiger partial charge on any atom is 0.0175 e. The van der Waals surface area contributed by atoms with E-state index in [9.17, 15) is 0 Å². The summed E-state index contributed by atoms with van der Waals surface area (Å²) in [5.74, 6) is 0. The van der Waals surface area contributed by atoms with E-state index < -0.39 is 0 Å². The van der Waals surface area contributed by atoms with Crippen molar-refractivity contribution >= 4 is 26.7 Å². The predicted octanol–water partition coefficient (Wildman–Crippen LogP) is 6.15. The van der Waals surface area contributed by atoms with E-state index in [0.717, 1.165) is 4.47 Å². The van der Waals surface area contributed by atoms with E-state index in [1.165, 1.54) is 47.6 Å². The third kappa shape index (κ3) is 2.30. The van der Waals surface area contributed by atoms with Crippen LogP contribution in [0.1, 0.15) is 24.0 Å². The molecule has 104 valence electrons. The molecule has 21 heavy (non-hydrogen) atoms. The van der Waals surface area contributed by atoms with Crippen molar-refractivity contribution in [3.05, 3.63) is 70.2 Å². The lowest BCUT2D eigenvalue weighted by Crippen LogP contribution is -2.05. The highest BCUT2D eigenvalue weighted by molar-refractivity contribution is 9.10. The lowest BCUT2D eigenvalue weighted by Gasteiger charge is -2.22. The van der Waals surface area contributed by atoms with Crippen molar-refractivity contribution in [2.75, 3.05) is 0 Å². The van der Waals surface area contributed by atoms with Crippen molar-refractivity contribution < 1.29 is 0 Å². The molecule has 0 atom stereocenters. The van der Waals surface area contributed by atoms with Crippen LogP contribution in [0.4, 0.5) is 0 Å². The topological polar surface area (TPSA) is 0 Å². The van der Waals surface area contributed by atoms with Gasteiger partial charge in [-0.05, 0) is 76.9 Å². The molecular weight excluding hydrogens is 320 g/mol. The Morgan fingerprint density at radius 3 is 2.29 bits per heavy atom. The first-order valence-electron chi connectivity index (χ1n) is 7.62. The van der Waals surface area contributed by atoms with Crippen molar-refractivity contribution in [2.24, 2.45) is 0 Å². The van der Waals surface area contributed by atoms with E-state index >= 15 is 0 Å². The summed E-state index contributed by atoms with van der Waals surface area (Å²) in [6, 6.07) is 19.9. The van der Waals surface area contributed by atoms with Crippen molar-refractivity contribution in [3.63, 3.8) is 0 Å². The van der Waals surface area contributed by atoms with E-state index in [2.05, 4.69) is 70.5 Å². The number of hydrogen-bond acceptors (Lipinski definition) is 0. The average Bonchev–Trinajstić information content (AvgIpc) is 2.55. The maximum atomic E-state index is 3.53. The van der Waals surface area contributed by atoms with Gasteiger partial charge in [0.15, 0.2) is 0 Å². The molecule has 0 aromatic heterocycles. The highest BCUT2D eigenvalue weighted by Gasteiger charge is 2.17. The Balaban J connectivity index is 2.02. The van der Waals surface area contributed by atoms with E-state index in [0.29, 0.717) is 0 Å². The Hall–Kier alpha value is -1.60. The first-order chi connectivity index (χ1) is 10.3. The van der Waals surface area contributed by atoms with Crippen molar-refractivity contribution in [1.29, 1.82) is 0 Å². The fourth-order valence-electron chi connectivity index (χ4n) is 3.53. The molecule has 1 aliphatic rings. The maximum absolute atomic E-state index is 3.53. The van der Waals surface area contributed by atoms with Gasteiger partial charge in [-0.2, -0.15) is 0 Å². The van der Waals surface area contributed by atoms with E-state index in [1.54, 1.807) is 11.1 Å². The van der Waals surface area contributed by atoms with Gasteiger partial charge in [-0.25, -0.2) is 0 Å². The SMILES string of the molecule is Brc1ccc(-c2cc3ccccc3c3c2CCCC3)cc1. The molecule has 0 nitrogen and oxygen atoms in total. The van der Waals surface area contributed by atoms with Crippen LogP contribution in [0.15, 0.2) is 59.1 Å². The van der Waals surface area contributed by atoms with Gasteiger partial charge in [0.25, 0.3) is 0 Å². The van der Waals surface area contributed by atoms with Crippen LogP contribution in [0.25, 0.3) is 21.9 Å². The number of hydrogen-bond donors (Lipinski definition) is 0. The lowest BCUT2D eigenvalue weighted by atomic mass is 9.82. The normalized spacial score (nSPS) is 14.1. The lowest BCUT2D eigenvalue weighted by molar-refractivity contribution is 0.691. The molecule has 0 radical (unpaired) electrons. The van der Waals surface area contributed by atoms with Gasteiger partial charge in [0.05, 0.1) is 0 Å². The van der Waals surface area contributed by atoms with Crippen LogP contribution in [-0.4, -0.2) is 0 Å². The minimum atomic E-state index is 1.14. The molecule has 1 heteroatoms. The summed E-state index contributed by atoms with van der Waals surface area (Å²) < 4.78 is 1.14. The van der Waals surface area contributed by atoms with E-state index in [4.69, 9.17) is 0 Å². The zero-order valence-electron chi connectivity index (χ0n) is 11.9. The van der Waals surface area contributed by atoms with Crippen LogP contribution in [0.5, 0.6) is 0 Å². The summed E-state index contributed by atoms with van der Waals surface area (Å²) in [7, 11) is 0. The third-order valence-electron chi connectivity index (χ3n) is 4.53. The summed E-state index contributed by atoms with van der Waals surface area (Å²) in [5.41, 5.74) is 5.91. The summed E-state index contributed by atoms with van der Waals surface area (Å²) >= 11 is 3.53. The quantitative estimate of drug-likeness (QED) is 0.500. The number of fused-ring (bicyclic) bond motifs is 3. The molecular formula is C20H17Br. The number of halogens is 1. The highest BCUT2D eigenvalue weighted by Crippen LogP contribution is 2.37. The van der Waals surface area contributed by atoms with Crippen LogP contribution in [0.2, 0.25) is 0 Å². The minimum Gasteiger partial charge on any atom is -0.0616 e. The molecule has 3 aromatic rings. The molecule has 0 saturated carbocycles. The molecule has 3 aromatic carbocycles. The second-order valence-electron chi connectivity index (χ2n) is 5.82. The van der Waals surface area contributed by atoms with E-state index in [-0.39, 0.29) is 0 Å². The second kappa shape index (κ2) is 5.31. The summed E-state index contributed by atoms with van der Waals surface area (Å²) in [4.78, 5) is 0. The predicted molar refractivity (Wildman–Crippen MR) is 93.7 cm³/mol. The Kier molecular flexibility index (Phi) is 3.31. The summed E-state index contributed by atoms with van der Waals surface area (Å²) in [5, 5.41) is 2.82. The first kappa shape index (κ1) is 13.1. The number of benzene rings is 3. The van der Waals surface area contributed by atoms with Crippen molar-refractivity contribution in [3.8, 4) is 11.1 Å². The molecule has 4 rings (SSSR count). The van der Waals surface area contributed by atoms with Crippen LogP contribution >= 0.6 is 15.9 Å². The van der Waals surface area contributed by atoms with Crippen LogP contribution < -0.4 is 0 Å². The average molecular weight is 337 g/mol. The van der Waals surface area contributed by atoms with Gasteiger partial charge in [-0.1, -0.05) is 52.3 Å². The zero-order valence-corrected chi connectivity index (χ0v) is 13.5. The van der Waals surface area contributed by atoms with Gasteiger partial charge < -0.3 is 0 Å². The van der Waals surface area contributed by atoms with Crippen LogP contribution in [-0.2, 0) is 12.8 Å². The molecule has 0 N–H and O–H groups in total. The van der Waals surface area contributed by atoms with Crippen LogP contribution in [0, 0.1) is 0 Å². The van der Waals surface area contributed by atoms with Gasteiger partial charge in [-0.3, -0.25) is 0 Å². The molecule has 0 fully saturated rings. The first-order valence-corrected chi connectivity index (χ1v) is 8.42. The minimum absolute atomic E-state index is 1.14. The van der Waals surface area contributed by atoms with Crippen LogP contribution in [0.3, 0.4) is 0 Å². The second-order valence-corrected chi connectivity index (χ2v) is 6.73. The molecule has 0 saturated heterocycles. The fourth-order valence-corrected chi connectivity index (χ4v) is 3.79. The molecule has 0 amide bonds. The Morgan fingerprint density at radius 2 is 1.48 bits per heavy atom. The Morgan fingerprint density at radius 1 is 0.762 bits per heavy atom. The molecule has 0 spiro atoms. The van der Waals surface area contributed by atoms with E-state index in [1.807, 2.05) is 0 Å². The van der Waals surface area contributed by atoms with Crippen molar-refractivity contribution in [2.45, 2.75) is 25.7 Å². The fraction of sp³-hybridized carbons (Fsp3) is 0.200. The van der Waals surface area contributed by atoms with Gasteiger partial charge >= 0.3 is 0 Å². The Labute approximate surface area is 133 Å². The largest absolute Gasteiger partial charge is 0.0616 e. The van der Waals surface area contributed by atoms with Gasteiger partial charge in [0.1, 0.15) is 0 Å². The summed E-state index contributed by atoms with van der Waals surface area (Å²) in [6.07, 6.45) is 5.07. The van der Waals surface area contributed by atoms with Gasteiger partial charge in [0.2, 0.25) is 0 Å². The molecule has 0 unspecified atom stereocenters. The molecule has 0 heterocycles. The van der Waals surface area contributed by atoms with Crippen molar-refractivity contribution in [1.82, 2.24) is 0 Å². The highest BCUT2D eigenvalue weighted by atomic mass is 79.9. The standard InChI is InChI=1S/C20H17Br/c21-16-11-9-14(10-12-16)20-13-15-5-1-2-6-17(15)18-7-3-4-8-19(18)20/h1-2,5-6,9-13H,3-4,7-8H2. The Bertz CT molecular complexity index is 800. The monoisotopic (exact) mass is 336 g/mol. The zero-order chi connectivity index (χ0) is 14.2. The smallest absolute Gasteiger partial charge is 0.0175 e. The van der Waals surface area contributed by atoms with Gasteiger partial charge in [-0.15, -0.1) is 0 Å². The number of aryl methyl sites for hydroxylation is 1. The molecule has 1 aliphatic carbocycles. The van der Waals surface area contributed by atoms with Gasteiger partial charge in [0, 0.05) is 4.47 Å². The molecule has 0 bridgehead atoms. The third-order valence-corrected chi connectivity index (χ3v) is 5.06. The molecule has 0 aliphatic heterocycles. The number of rotatable bonds is 1. The summed E-state index contributed by atoms with van der Waals surface area (Å²) in [6.45, 7) is 0.